The maximum Gasteiger partial charge on any atom is 0.243 e. The number of hydrogen-bond donors (Lipinski definition) is 1. The van der Waals surface area contributed by atoms with Gasteiger partial charge in [-0.25, -0.2) is 8.42 Å². The zero-order valence-corrected chi connectivity index (χ0v) is 16.1. The van der Waals surface area contributed by atoms with Gasteiger partial charge in [0.25, 0.3) is 0 Å². The van der Waals surface area contributed by atoms with E-state index in [0.29, 0.717) is 31.0 Å². The summed E-state index contributed by atoms with van der Waals surface area (Å²) in [5.41, 5.74) is 1.78. The lowest BCUT2D eigenvalue weighted by atomic mass is 10.2. The molecule has 138 valence electrons. The Labute approximate surface area is 159 Å². The van der Waals surface area contributed by atoms with Gasteiger partial charge in [0.15, 0.2) is 0 Å². The van der Waals surface area contributed by atoms with E-state index in [1.807, 2.05) is 37.3 Å². The standard InChI is InChI=1S/C19H21ClN2O3S/c1-14-9-10-16(12-17(14)20)26(24,25)22-11-5-8-18(22)19(23)21-13-15-6-3-2-4-7-15/h2-4,6-7,9-10,12,18H,5,8,11,13H2,1H3,(H,21,23)/t18-/m0/s1. The van der Waals surface area contributed by atoms with Crippen LogP contribution in [-0.4, -0.2) is 31.2 Å². The molecule has 0 spiro atoms. The first-order valence-corrected chi connectivity index (χ1v) is 10.3. The molecule has 1 heterocycles. The van der Waals surface area contributed by atoms with E-state index >= 15 is 0 Å². The summed E-state index contributed by atoms with van der Waals surface area (Å²) in [6.45, 7) is 2.52. The number of carbonyl (C=O) groups excluding carboxylic acids is 1. The molecule has 3 rings (SSSR count). The minimum atomic E-state index is -3.77. The van der Waals surface area contributed by atoms with Gasteiger partial charge in [-0.2, -0.15) is 4.31 Å². The lowest BCUT2D eigenvalue weighted by molar-refractivity contribution is -0.124. The van der Waals surface area contributed by atoms with Crippen molar-refractivity contribution in [1.29, 1.82) is 0 Å². The number of benzene rings is 2. The number of rotatable bonds is 5. The van der Waals surface area contributed by atoms with E-state index < -0.39 is 16.1 Å². The van der Waals surface area contributed by atoms with Crippen molar-refractivity contribution < 1.29 is 13.2 Å². The highest BCUT2D eigenvalue weighted by Gasteiger charge is 2.39. The molecule has 0 radical (unpaired) electrons. The summed E-state index contributed by atoms with van der Waals surface area (Å²) >= 11 is 6.08. The number of nitrogens with one attached hydrogen (secondary N) is 1. The average Bonchev–Trinajstić information content (AvgIpc) is 3.13. The molecule has 0 aliphatic carbocycles. The molecule has 2 aromatic rings. The first-order chi connectivity index (χ1) is 12.4. The molecule has 1 atom stereocenters. The van der Waals surface area contributed by atoms with Gasteiger partial charge < -0.3 is 5.32 Å². The fourth-order valence-electron chi connectivity index (χ4n) is 3.06. The summed E-state index contributed by atoms with van der Waals surface area (Å²) < 4.78 is 27.2. The van der Waals surface area contributed by atoms with E-state index in [-0.39, 0.29) is 10.8 Å². The number of amides is 1. The van der Waals surface area contributed by atoms with Crippen LogP contribution in [-0.2, 0) is 21.4 Å². The maximum absolute atomic E-state index is 13.0. The Bertz CT molecular complexity index is 900. The number of aryl methyl sites for hydroxylation is 1. The van der Waals surface area contributed by atoms with Gasteiger partial charge in [-0.1, -0.05) is 48.0 Å². The normalized spacial score (nSPS) is 18.0. The SMILES string of the molecule is Cc1ccc(S(=O)(=O)N2CCC[C@H]2C(=O)NCc2ccccc2)cc1Cl. The minimum absolute atomic E-state index is 0.121. The van der Waals surface area contributed by atoms with Crippen molar-refractivity contribution in [2.75, 3.05) is 6.54 Å². The highest BCUT2D eigenvalue weighted by Crippen LogP contribution is 2.28. The van der Waals surface area contributed by atoms with Crippen molar-refractivity contribution in [3.05, 3.63) is 64.7 Å². The fourth-order valence-corrected chi connectivity index (χ4v) is 4.99. The molecule has 1 aliphatic heterocycles. The van der Waals surface area contributed by atoms with Crippen molar-refractivity contribution in [3.8, 4) is 0 Å². The second-order valence-corrected chi connectivity index (χ2v) is 8.69. The van der Waals surface area contributed by atoms with Crippen molar-refractivity contribution in [1.82, 2.24) is 9.62 Å². The number of carbonyl (C=O) groups is 1. The average molecular weight is 393 g/mol. The molecule has 1 saturated heterocycles. The highest BCUT2D eigenvalue weighted by atomic mass is 35.5. The molecule has 0 saturated carbocycles. The van der Waals surface area contributed by atoms with Gasteiger partial charge in [-0.05, 0) is 43.0 Å². The zero-order valence-electron chi connectivity index (χ0n) is 14.5. The molecular weight excluding hydrogens is 372 g/mol. The van der Waals surface area contributed by atoms with E-state index in [1.54, 1.807) is 6.07 Å². The predicted octanol–water partition coefficient (Wildman–Crippen LogP) is 3.12. The third kappa shape index (κ3) is 3.92. The quantitative estimate of drug-likeness (QED) is 0.850. The van der Waals surface area contributed by atoms with Gasteiger partial charge in [0.1, 0.15) is 6.04 Å². The number of hydrogen-bond acceptors (Lipinski definition) is 3. The first-order valence-electron chi connectivity index (χ1n) is 8.49. The van der Waals surface area contributed by atoms with Crippen LogP contribution in [0.15, 0.2) is 53.4 Å². The second-order valence-electron chi connectivity index (χ2n) is 6.39. The molecule has 1 amide bonds. The van der Waals surface area contributed by atoms with Crippen LogP contribution in [0.2, 0.25) is 5.02 Å². The largest absolute Gasteiger partial charge is 0.351 e. The van der Waals surface area contributed by atoms with Crippen molar-refractivity contribution >= 4 is 27.5 Å². The lowest BCUT2D eigenvalue weighted by Crippen LogP contribution is -2.45. The van der Waals surface area contributed by atoms with Gasteiger partial charge in [0.2, 0.25) is 15.9 Å². The molecule has 0 unspecified atom stereocenters. The Hall–Kier alpha value is -1.89. The second kappa shape index (κ2) is 7.78. The van der Waals surface area contributed by atoms with Crippen LogP contribution in [0.5, 0.6) is 0 Å². The number of nitrogens with zero attached hydrogens (tertiary/aromatic N) is 1. The number of halogens is 1. The van der Waals surface area contributed by atoms with E-state index in [2.05, 4.69) is 5.32 Å². The predicted molar refractivity (Wildman–Crippen MR) is 101 cm³/mol. The molecule has 1 N–H and O–H groups in total. The van der Waals surface area contributed by atoms with Gasteiger partial charge in [0, 0.05) is 18.1 Å². The van der Waals surface area contributed by atoms with Crippen LogP contribution in [0.4, 0.5) is 0 Å². The van der Waals surface area contributed by atoms with Crippen LogP contribution in [0.25, 0.3) is 0 Å². The smallest absolute Gasteiger partial charge is 0.243 e. The molecule has 1 fully saturated rings. The summed E-state index contributed by atoms with van der Waals surface area (Å²) in [4.78, 5) is 12.7. The van der Waals surface area contributed by atoms with Crippen LogP contribution in [0.3, 0.4) is 0 Å². The highest BCUT2D eigenvalue weighted by molar-refractivity contribution is 7.89. The van der Waals surface area contributed by atoms with E-state index in [4.69, 9.17) is 11.6 Å². The molecule has 5 nitrogen and oxygen atoms in total. The zero-order chi connectivity index (χ0) is 18.7. The maximum atomic E-state index is 13.0. The molecule has 0 aromatic heterocycles. The molecule has 26 heavy (non-hydrogen) atoms. The third-order valence-electron chi connectivity index (χ3n) is 4.57. The Kier molecular flexibility index (Phi) is 5.65. The van der Waals surface area contributed by atoms with E-state index in [1.165, 1.54) is 16.4 Å². The van der Waals surface area contributed by atoms with Gasteiger partial charge in [-0.3, -0.25) is 4.79 Å². The topological polar surface area (TPSA) is 66.5 Å². The van der Waals surface area contributed by atoms with Crippen LogP contribution < -0.4 is 5.32 Å². The Morgan fingerprint density at radius 2 is 1.96 bits per heavy atom. The van der Waals surface area contributed by atoms with Gasteiger partial charge >= 0.3 is 0 Å². The Morgan fingerprint density at radius 1 is 1.23 bits per heavy atom. The third-order valence-corrected chi connectivity index (χ3v) is 6.88. The summed E-state index contributed by atoms with van der Waals surface area (Å²) in [6, 6.07) is 13.5. The van der Waals surface area contributed by atoms with E-state index in [0.717, 1.165) is 11.1 Å². The van der Waals surface area contributed by atoms with Crippen LogP contribution >= 0.6 is 11.6 Å². The summed E-state index contributed by atoms with van der Waals surface area (Å²) in [5, 5.41) is 3.24. The molecule has 2 aromatic carbocycles. The molecule has 7 heteroatoms. The van der Waals surface area contributed by atoms with Crippen molar-refractivity contribution in [2.24, 2.45) is 0 Å². The van der Waals surface area contributed by atoms with Gasteiger partial charge in [0.05, 0.1) is 4.90 Å². The Balaban J connectivity index is 1.76. The molecule has 0 bridgehead atoms. The van der Waals surface area contributed by atoms with Gasteiger partial charge in [-0.15, -0.1) is 0 Å². The fraction of sp³-hybridized carbons (Fsp3) is 0.316. The first kappa shape index (κ1) is 18.9. The summed E-state index contributed by atoms with van der Waals surface area (Å²) in [6.07, 6.45) is 1.17. The summed E-state index contributed by atoms with van der Waals surface area (Å²) in [5.74, 6) is -0.270. The van der Waals surface area contributed by atoms with Crippen LogP contribution in [0, 0.1) is 6.92 Å². The number of sulfonamides is 1. The van der Waals surface area contributed by atoms with Crippen molar-refractivity contribution in [2.45, 2.75) is 37.2 Å². The van der Waals surface area contributed by atoms with Crippen LogP contribution in [0.1, 0.15) is 24.0 Å². The monoisotopic (exact) mass is 392 g/mol. The summed E-state index contributed by atoms with van der Waals surface area (Å²) in [7, 11) is -3.77. The van der Waals surface area contributed by atoms with Crippen molar-refractivity contribution in [3.63, 3.8) is 0 Å². The minimum Gasteiger partial charge on any atom is -0.351 e. The van der Waals surface area contributed by atoms with E-state index in [9.17, 15) is 13.2 Å². The molecule has 1 aliphatic rings. The Morgan fingerprint density at radius 3 is 2.65 bits per heavy atom. The lowest BCUT2D eigenvalue weighted by Gasteiger charge is -2.23. The molecular formula is C19H21ClN2O3S.